The minimum atomic E-state index is -0.643. The Morgan fingerprint density at radius 1 is 1.56 bits per heavy atom. The van der Waals surface area contributed by atoms with E-state index in [0.717, 1.165) is 44.5 Å². The van der Waals surface area contributed by atoms with Crippen LogP contribution in [0.4, 0.5) is 0 Å². The van der Waals surface area contributed by atoms with Crippen LogP contribution in [0.3, 0.4) is 0 Å². The molecule has 1 heterocycles. The number of aliphatic carboxylic acids is 1. The Balaban J connectivity index is 2.52. The molecule has 0 saturated carbocycles. The fraction of sp³-hybridized carbons (Fsp3) is 0.917. The molecule has 1 aliphatic rings. The SMILES string of the molecule is CCCCC(C(=O)O)N1CCSC(CC)C1. The average molecular weight is 245 g/mol. The molecule has 94 valence electrons. The van der Waals surface area contributed by atoms with Gasteiger partial charge in [0.2, 0.25) is 0 Å². The molecule has 1 saturated heterocycles. The second-order valence-electron chi connectivity index (χ2n) is 4.39. The lowest BCUT2D eigenvalue weighted by atomic mass is 10.1. The van der Waals surface area contributed by atoms with Gasteiger partial charge in [-0.2, -0.15) is 11.8 Å². The van der Waals surface area contributed by atoms with E-state index in [9.17, 15) is 9.90 Å². The van der Waals surface area contributed by atoms with Crippen molar-refractivity contribution in [2.75, 3.05) is 18.8 Å². The van der Waals surface area contributed by atoms with Gasteiger partial charge in [-0.05, 0) is 12.8 Å². The zero-order chi connectivity index (χ0) is 12.0. The maximum atomic E-state index is 11.3. The molecule has 0 aromatic heterocycles. The van der Waals surface area contributed by atoms with Crippen molar-refractivity contribution < 1.29 is 9.90 Å². The molecule has 4 heteroatoms. The molecular formula is C12H23NO2S. The number of rotatable bonds is 6. The quantitative estimate of drug-likeness (QED) is 0.780. The van der Waals surface area contributed by atoms with E-state index in [-0.39, 0.29) is 6.04 Å². The number of nitrogens with zero attached hydrogens (tertiary/aromatic N) is 1. The fourth-order valence-corrected chi connectivity index (χ4v) is 3.34. The van der Waals surface area contributed by atoms with Crippen molar-refractivity contribution in [2.24, 2.45) is 0 Å². The van der Waals surface area contributed by atoms with Crippen molar-refractivity contribution in [1.29, 1.82) is 0 Å². The molecule has 0 spiro atoms. The molecule has 2 atom stereocenters. The fourth-order valence-electron chi connectivity index (χ4n) is 2.13. The van der Waals surface area contributed by atoms with Crippen LogP contribution in [-0.4, -0.2) is 46.1 Å². The first-order valence-corrected chi connectivity index (χ1v) is 7.32. The normalized spacial score (nSPS) is 24.2. The maximum absolute atomic E-state index is 11.3. The molecule has 1 aliphatic heterocycles. The molecule has 16 heavy (non-hydrogen) atoms. The average Bonchev–Trinajstić information content (AvgIpc) is 2.29. The van der Waals surface area contributed by atoms with Gasteiger partial charge in [-0.15, -0.1) is 0 Å². The monoisotopic (exact) mass is 245 g/mol. The lowest BCUT2D eigenvalue weighted by Crippen LogP contribution is -2.48. The van der Waals surface area contributed by atoms with Crippen molar-refractivity contribution in [1.82, 2.24) is 4.90 Å². The third-order valence-electron chi connectivity index (χ3n) is 3.18. The van der Waals surface area contributed by atoms with Gasteiger partial charge >= 0.3 is 5.97 Å². The highest BCUT2D eigenvalue weighted by Gasteiger charge is 2.29. The van der Waals surface area contributed by atoms with Gasteiger partial charge in [0.15, 0.2) is 0 Å². The number of unbranched alkanes of at least 4 members (excludes halogenated alkanes) is 1. The molecule has 2 unspecified atom stereocenters. The zero-order valence-electron chi connectivity index (χ0n) is 10.3. The lowest BCUT2D eigenvalue weighted by Gasteiger charge is -2.35. The Morgan fingerprint density at radius 3 is 2.88 bits per heavy atom. The Labute approximate surface area is 103 Å². The summed E-state index contributed by atoms with van der Waals surface area (Å²) >= 11 is 1.99. The number of hydrogen-bond acceptors (Lipinski definition) is 3. The van der Waals surface area contributed by atoms with Crippen molar-refractivity contribution in [3.05, 3.63) is 0 Å². The molecule has 0 aromatic rings. The van der Waals surface area contributed by atoms with Gasteiger partial charge in [0.05, 0.1) is 0 Å². The number of carboxylic acids is 1. The molecule has 3 nitrogen and oxygen atoms in total. The van der Waals surface area contributed by atoms with Crippen LogP contribution in [0.5, 0.6) is 0 Å². The summed E-state index contributed by atoms with van der Waals surface area (Å²) < 4.78 is 0. The Hall–Kier alpha value is -0.220. The van der Waals surface area contributed by atoms with Crippen molar-refractivity contribution in [3.8, 4) is 0 Å². The van der Waals surface area contributed by atoms with Crippen LogP contribution < -0.4 is 0 Å². The summed E-state index contributed by atoms with van der Waals surface area (Å²) in [6.07, 6.45) is 4.02. The van der Waals surface area contributed by atoms with Crippen LogP contribution in [-0.2, 0) is 4.79 Å². The Morgan fingerprint density at radius 2 is 2.31 bits per heavy atom. The van der Waals surface area contributed by atoms with Gasteiger partial charge in [0, 0.05) is 24.1 Å². The first-order chi connectivity index (χ1) is 7.69. The van der Waals surface area contributed by atoms with E-state index in [1.807, 2.05) is 11.8 Å². The minimum absolute atomic E-state index is 0.255. The van der Waals surface area contributed by atoms with Gasteiger partial charge < -0.3 is 5.11 Å². The van der Waals surface area contributed by atoms with E-state index in [1.165, 1.54) is 0 Å². The molecule has 0 amide bonds. The summed E-state index contributed by atoms with van der Waals surface area (Å²) in [6, 6.07) is -0.255. The van der Waals surface area contributed by atoms with Gasteiger partial charge in [0.1, 0.15) is 6.04 Å². The third-order valence-corrected chi connectivity index (χ3v) is 4.55. The Bertz CT molecular complexity index is 223. The molecular weight excluding hydrogens is 222 g/mol. The highest BCUT2D eigenvalue weighted by Crippen LogP contribution is 2.24. The number of carbonyl (C=O) groups is 1. The third kappa shape index (κ3) is 3.98. The molecule has 1 rings (SSSR count). The minimum Gasteiger partial charge on any atom is -0.480 e. The Kier molecular flexibility index (Phi) is 6.21. The van der Waals surface area contributed by atoms with E-state index >= 15 is 0 Å². The van der Waals surface area contributed by atoms with Crippen LogP contribution in [0.2, 0.25) is 0 Å². The number of thioether (sulfide) groups is 1. The summed E-state index contributed by atoms with van der Waals surface area (Å²) in [6.45, 7) is 6.17. The molecule has 0 aliphatic carbocycles. The second-order valence-corrected chi connectivity index (χ2v) is 5.80. The summed E-state index contributed by atoms with van der Waals surface area (Å²) in [4.78, 5) is 13.4. The standard InChI is InChI=1S/C12H23NO2S/c1-3-5-6-11(12(14)15)13-7-8-16-10(4-2)9-13/h10-11H,3-9H2,1-2H3,(H,14,15). The van der Waals surface area contributed by atoms with Crippen molar-refractivity contribution in [2.45, 2.75) is 50.8 Å². The highest BCUT2D eigenvalue weighted by molar-refractivity contribution is 8.00. The van der Waals surface area contributed by atoms with Crippen LogP contribution in [0, 0.1) is 0 Å². The molecule has 1 N–H and O–H groups in total. The second kappa shape index (κ2) is 7.17. The van der Waals surface area contributed by atoms with Gasteiger partial charge in [-0.25, -0.2) is 0 Å². The van der Waals surface area contributed by atoms with Crippen molar-refractivity contribution in [3.63, 3.8) is 0 Å². The van der Waals surface area contributed by atoms with Crippen LogP contribution in [0.15, 0.2) is 0 Å². The van der Waals surface area contributed by atoms with Crippen LogP contribution in [0.25, 0.3) is 0 Å². The predicted octanol–water partition coefficient (Wildman–Crippen LogP) is 2.46. The van der Waals surface area contributed by atoms with Crippen LogP contribution >= 0.6 is 11.8 Å². The lowest BCUT2D eigenvalue weighted by molar-refractivity contribution is -0.143. The van der Waals surface area contributed by atoms with E-state index in [4.69, 9.17) is 0 Å². The largest absolute Gasteiger partial charge is 0.480 e. The van der Waals surface area contributed by atoms with Gasteiger partial charge in [-0.1, -0.05) is 26.7 Å². The number of carboxylic acid groups (broad SMARTS) is 1. The van der Waals surface area contributed by atoms with Crippen LogP contribution in [0.1, 0.15) is 39.5 Å². The summed E-state index contributed by atoms with van der Waals surface area (Å²) in [7, 11) is 0. The van der Waals surface area contributed by atoms with Gasteiger partial charge in [-0.3, -0.25) is 9.69 Å². The first kappa shape index (κ1) is 13.8. The molecule has 0 aromatic carbocycles. The zero-order valence-corrected chi connectivity index (χ0v) is 11.1. The number of hydrogen-bond donors (Lipinski definition) is 1. The summed E-state index contributed by atoms with van der Waals surface area (Å²) in [5, 5.41) is 9.89. The first-order valence-electron chi connectivity index (χ1n) is 6.27. The highest BCUT2D eigenvalue weighted by atomic mass is 32.2. The van der Waals surface area contributed by atoms with E-state index < -0.39 is 5.97 Å². The predicted molar refractivity (Wildman–Crippen MR) is 69.1 cm³/mol. The summed E-state index contributed by atoms with van der Waals surface area (Å²) in [5.41, 5.74) is 0. The smallest absolute Gasteiger partial charge is 0.320 e. The van der Waals surface area contributed by atoms with Gasteiger partial charge in [0.25, 0.3) is 0 Å². The molecule has 0 bridgehead atoms. The van der Waals surface area contributed by atoms with Crippen molar-refractivity contribution >= 4 is 17.7 Å². The van der Waals surface area contributed by atoms with E-state index in [1.54, 1.807) is 0 Å². The molecule has 0 radical (unpaired) electrons. The summed E-state index contributed by atoms with van der Waals surface area (Å²) in [5.74, 6) is 0.434. The topological polar surface area (TPSA) is 40.5 Å². The molecule has 1 fully saturated rings. The van der Waals surface area contributed by atoms with E-state index in [2.05, 4.69) is 18.7 Å². The maximum Gasteiger partial charge on any atom is 0.320 e. The van der Waals surface area contributed by atoms with E-state index in [0.29, 0.717) is 5.25 Å².